The summed E-state index contributed by atoms with van der Waals surface area (Å²) in [7, 11) is -1.22. The summed E-state index contributed by atoms with van der Waals surface area (Å²) in [6.45, 7) is 7.15. The van der Waals surface area contributed by atoms with Crippen LogP contribution in [-0.4, -0.2) is 19.9 Å². The zero-order valence-electron chi connectivity index (χ0n) is 12.8. The van der Waals surface area contributed by atoms with Crippen molar-refractivity contribution in [3.8, 4) is 0 Å². The van der Waals surface area contributed by atoms with Crippen LogP contribution in [0, 0.1) is 17.3 Å². The van der Waals surface area contributed by atoms with Crippen LogP contribution in [-0.2, 0) is 9.59 Å². The highest BCUT2D eigenvalue weighted by Gasteiger charge is 2.77. The quantitative estimate of drug-likeness (QED) is 0.621. The van der Waals surface area contributed by atoms with E-state index in [2.05, 4.69) is 19.6 Å². The predicted molar refractivity (Wildman–Crippen MR) is 84.7 cm³/mol. The van der Waals surface area contributed by atoms with Gasteiger partial charge in [-0.05, 0) is 35.9 Å². The third-order valence-electron chi connectivity index (χ3n) is 5.82. The molecule has 2 saturated carbocycles. The fourth-order valence-corrected chi connectivity index (χ4v) is 7.86. The zero-order valence-corrected chi connectivity index (χ0v) is 13.8. The van der Waals surface area contributed by atoms with Crippen molar-refractivity contribution in [3.63, 3.8) is 0 Å². The van der Waals surface area contributed by atoms with Crippen LogP contribution in [0.4, 0.5) is 5.69 Å². The van der Waals surface area contributed by atoms with Crippen LogP contribution in [0.1, 0.15) is 12.8 Å². The first-order chi connectivity index (χ1) is 9.86. The van der Waals surface area contributed by atoms with E-state index in [1.807, 2.05) is 30.3 Å². The van der Waals surface area contributed by atoms with Crippen molar-refractivity contribution >= 4 is 25.6 Å². The molecule has 1 aliphatic heterocycles. The standard InChI is InChI=1S/C17H21NO2Si/c1-21(2,3)13-10-17(13)9-12-14(17)16(20)18(15(12)19)11-7-5-4-6-8-11/h4-8,12-14H,9-10H2,1-3H3. The maximum Gasteiger partial charge on any atom is 0.238 e. The van der Waals surface area contributed by atoms with Gasteiger partial charge in [0.15, 0.2) is 0 Å². The van der Waals surface area contributed by atoms with Crippen LogP contribution in [0.15, 0.2) is 30.3 Å². The lowest BCUT2D eigenvalue weighted by molar-refractivity contribution is -0.130. The monoisotopic (exact) mass is 299 g/mol. The number of carbonyl (C=O) groups excluding carboxylic acids is 2. The number of amides is 2. The van der Waals surface area contributed by atoms with E-state index in [1.54, 1.807) is 0 Å². The van der Waals surface area contributed by atoms with Crippen LogP contribution < -0.4 is 4.90 Å². The number of hydrogen-bond acceptors (Lipinski definition) is 2. The molecule has 1 saturated heterocycles. The second-order valence-corrected chi connectivity index (χ2v) is 13.4. The van der Waals surface area contributed by atoms with Crippen LogP contribution in [0.25, 0.3) is 0 Å². The molecule has 4 atom stereocenters. The molecule has 3 fully saturated rings. The van der Waals surface area contributed by atoms with Crippen molar-refractivity contribution in [2.45, 2.75) is 38.0 Å². The summed E-state index contributed by atoms with van der Waals surface area (Å²) in [4.78, 5) is 26.8. The number of hydrogen-bond donors (Lipinski definition) is 0. The first kappa shape index (κ1) is 13.3. The SMILES string of the molecule is C[Si](C)(C)C1CC12CC1C(=O)N(c3ccccc3)C(=O)C12. The van der Waals surface area contributed by atoms with Crippen molar-refractivity contribution < 1.29 is 9.59 Å². The van der Waals surface area contributed by atoms with Crippen LogP contribution in [0.3, 0.4) is 0 Å². The molecule has 4 rings (SSSR count). The van der Waals surface area contributed by atoms with Crippen molar-refractivity contribution in [2.24, 2.45) is 17.3 Å². The molecule has 0 N–H and O–H groups in total. The molecule has 1 heterocycles. The highest BCUT2D eigenvalue weighted by atomic mass is 28.3. The topological polar surface area (TPSA) is 37.4 Å². The number of fused-ring (bicyclic) bond motifs is 2. The molecule has 1 aromatic rings. The van der Waals surface area contributed by atoms with Gasteiger partial charge in [0.1, 0.15) is 0 Å². The summed E-state index contributed by atoms with van der Waals surface area (Å²) in [5.74, 6) is 0.0206. The fourth-order valence-electron chi connectivity index (χ4n) is 4.85. The lowest BCUT2D eigenvalue weighted by Crippen LogP contribution is -2.43. The average Bonchev–Trinajstić information content (AvgIpc) is 3.11. The number of para-hydroxylation sites is 1. The highest BCUT2D eigenvalue weighted by Crippen LogP contribution is 2.78. The Labute approximate surface area is 126 Å². The van der Waals surface area contributed by atoms with E-state index < -0.39 is 8.07 Å². The zero-order chi connectivity index (χ0) is 15.0. The van der Waals surface area contributed by atoms with Gasteiger partial charge >= 0.3 is 0 Å². The van der Waals surface area contributed by atoms with Gasteiger partial charge in [0.25, 0.3) is 0 Å². The summed E-state index contributed by atoms with van der Waals surface area (Å²) >= 11 is 0. The Morgan fingerprint density at radius 2 is 1.71 bits per heavy atom. The molecule has 0 radical (unpaired) electrons. The Balaban J connectivity index is 1.65. The number of imide groups is 1. The lowest BCUT2D eigenvalue weighted by atomic mass is 9.63. The van der Waals surface area contributed by atoms with Crippen LogP contribution in [0.2, 0.25) is 25.2 Å². The first-order valence-corrected chi connectivity index (χ1v) is 11.4. The Morgan fingerprint density at radius 3 is 2.29 bits per heavy atom. The maximum atomic E-state index is 12.8. The maximum absolute atomic E-state index is 12.8. The van der Waals surface area contributed by atoms with E-state index in [9.17, 15) is 9.59 Å². The second-order valence-electron chi connectivity index (χ2n) is 7.99. The smallest absolute Gasteiger partial charge is 0.238 e. The minimum Gasteiger partial charge on any atom is -0.274 e. The van der Waals surface area contributed by atoms with E-state index in [0.29, 0.717) is 0 Å². The normalized spacial score (nSPS) is 37.7. The fraction of sp³-hybridized carbons (Fsp3) is 0.529. The summed E-state index contributed by atoms with van der Waals surface area (Å²) in [6, 6.07) is 9.39. The minimum absolute atomic E-state index is 0.0260. The second kappa shape index (κ2) is 3.86. The van der Waals surface area contributed by atoms with Gasteiger partial charge in [0, 0.05) is 8.07 Å². The highest BCUT2D eigenvalue weighted by molar-refractivity contribution is 6.78. The number of nitrogens with zero attached hydrogens (tertiary/aromatic N) is 1. The summed E-state index contributed by atoms with van der Waals surface area (Å²) in [5, 5.41) is 0. The van der Waals surface area contributed by atoms with E-state index >= 15 is 0 Å². The number of anilines is 1. The largest absolute Gasteiger partial charge is 0.274 e. The molecule has 2 amide bonds. The lowest BCUT2D eigenvalue weighted by Gasteiger charge is -2.40. The van der Waals surface area contributed by atoms with Gasteiger partial charge in [-0.15, -0.1) is 0 Å². The first-order valence-electron chi connectivity index (χ1n) is 7.79. The predicted octanol–water partition coefficient (Wildman–Crippen LogP) is 3.29. The van der Waals surface area contributed by atoms with Crippen molar-refractivity contribution in [3.05, 3.63) is 30.3 Å². The summed E-state index contributed by atoms with van der Waals surface area (Å²) < 4.78 is 0. The Kier molecular flexibility index (Phi) is 2.43. The van der Waals surface area contributed by atoms with Gasteiger partial charge in [-0.3, -0.25) is 14.5 Å². The molecule has 4 heteroatoms. The molecule has 0 bridgehead atoms. The Morgan fingerprint density at radius 1 is 1.05 bits per heavy atom. The van der Waals surface area contributed by atoms with E-state index in [-0.39, 0.29) is 29.1 Å². The van der Waals surface area contributed by atoms with E-state index in [4.69, 9.17) is 0 Å². The number of rotatable bonds is 2. The molecule has 0 aromatic heterocycles. The Hall–Kier alpha value is -1.42. The Bertz CT molecular complexity index is 636. The van der Waals surface area contributed by atoms with Crippen molar-refractivity contribution in [1.29, 1.82) is 0 Å². The van der Waals surface area contributed by atoms with Crippen molar-refractivity contribution in [2.75, 3.05) is 4.90 Å². The summed E-state index contributed by atoms with van der Waals surface area (Å²) in [5.41, 5.74) is 1.65. The molecular formula is C17H21NO2Si. The van der Waals surface area contributed by atoms with Gasteiger partial charge in [-0.1, -0.05) is 37.8 Å². The average molecular weight is 299 g/mol. The van der Waals surface area contributed by atoms with E-state index in [1.165, 1.54) is 11.3 Å². The molecule has 21 heavy (non-hydrogen) atoms. The van der Waals surface area contributed by atoms with E-state index in [0.717, 1.165) is 17.6 Å². The molecule has 110 valence electrons. The molecule has 4 unspecified atom stereocenters. The van der Waals surface area contributed by atoms with Gasteiger partial charge in [-0.2, -0.15) is 0 Å². The van der Waals surface area contributed by atoms with Crippen LogP contribution >= 0.6 is 0 Å². The van der Waals surface area contributed by atoms with Crippen LogP contribution in [0.5, 0.6) is 0 Å². The molecule has 1 aromatic carbocycles. The molecule has 1 spiro atoms. The third-order valence-corrected chi connectivity index (χ3v) is 8.69. The van der Waals surface area contributed by atoms with Gasteiger partial charge in [0.2, 0.25) is 11.8 Å². The third kappa shape index (κ3) is 1.59. The molecular weight excluding hydrogens is 278 g/mol. The van der Waals surface area contributed by atoms with Gasteiger partial charge in [-0.25, -0.2) is 0 Å². The minimum atomic E-state index is -1.22. The van der Waals surface area contributed by atoms with Crippen molar-refractivity contribution in [1.82, 2.24) is 0 Å². The number of benzene rings is 1. The molecule has 2 aliphatic carbocycles. The molecule has 3 nitrogen and oxygen atoms in total. The summed E-state index contributed by atoms with van der Waals surface area (Å²) in [6.07, 6.45) is 2.12. The molecule has 3 aliphatic rings. The van der Waals surface area contributed by atoms with Gasteiger partial charge in [0.05, 0.1) is 17.5 Å². The number of carbonyl (C=O) groups is 2. The van der Waals surface area contributed by atoms with Gasteiger partial charge < -0.3 is 0 Å².